The summed E-state index contributed by atoms with van der Waals surface area (Å²) in [5.74, 6) is 0. The highest BCUT2D eigenvalue weighted by atomic mass is 32.2. The Kier molecular flexibility index (Phi) is 4.92. The topological polar surface area (TPSA) is 212 Å². The van der Waals surface area contributed by atoms with Crippen LogP contribution in [0.3, 0.4) is 0 Å². The van der Waals surface area contributed by atoms with E-state index in [-0.39, 0.29) is 39.2 Å². The SMILES string of the molecule is Nc1ccc(/N=N/c2c(N)ccc3c(S(=O)(=O)O)ccc(N)c23)c(S(=O)(=O)O)c1. The van der Waals surface area contributed by atoms with Gasteiger partial charge in [0.05, 0.1) is 5.69 Å². The first kappa shape index (κ1) is 20.5. The quantitative estimate of drug-likeness (QED) is 0.230. The van der Waals surface area contributed by atoms with E-state index < -0.39 is 30.0 Å². The number of nitrogens with zero attached hydrogens (tertiary/aromatic N) is 2. The molecule has 11 nitrogen and oxygen atoms in total. The van der Waals surface area contributed by atoms with Gasteiger partial charge in [0.25, 0.3) is 20.2 Å². The number of benzene rings is 3. The van der Waals surface area contributed by atoms with Gasteiger partial charge in [0, 0.05) is 22.1 Å². The molecule has 0 aromatic heterocycles. The third-order valence-corrected chi connectivity index (χ3v) is 5.77. The molecule has 0 fully saturated rings. The predicted octanol–water partition coefficient (Wildman–Crippen LogP) is 2.50. The lowest BCUT2D eigenvalue weighted by molar-refractivity contribution is 0.481. The average Bonchev–Trinajstić information content (AvgIpc) is 2.60. The number of nitrogen functional groups attached to an aromatic ring is 3. The standard InChI is InChI=1S/C16H15N5O6S2/c17-8-1-5-12(14(7-8)29(25,26)27)20-21-16-11(19)3-2-9-13(28(22,23)24)6-4-10(18)15(9)16/h1-7H,17-19H2,(H,22,23,24)(H,25,26,27)/b21-20+. The third kappa shape index (κ3) is 3.97. The summed E-state index contributed by atoms with van der Waals surface area (Å²) in [6.45, 7) is 0. The maximum Gasteiger partial charge on any atom is 0.296 e. The zero-order chi connectivity index (χ0) is 21.6. The Morgan fingerprint density at radius 1 is 0.724 bits per heavy atom. The van der Waals surface area contributed by atoms with Gasteiger partial charge in [-0.15, -0.1) is 10.2 Å². The predicted molar refractivity (Wildman–Crippen MR) is 107 cm³/mol. The van der Waals surface area contributed by atoms with E-state index in [2.05, 4.69) is 10.2 Å². The van der Waals surface area contributed by atoms with E-state index in [1.54, 1.807) is 0 Å². The van der Waals surface area contributed by atoms with Crippen LogP contribution in [0.4, 0.5) is 28.4 Å². The summed E-state index contributed by atoms with van der Waals surface area (Å²) in [6.07, 6.45) is 0. The second kappa shape index (κ2) is 6.97. The molecule has 3 aromatic carbocycles. The molecule has 152 valence electrons. The van der Waals surface area contributed by atoms with E-state index in [9.17, 15) is 25.9 Å². The Hall–Kier alpha value is -3.26. The number of nitrogens with two attached hydrogens (primary N) is 3. The number of hydrogen-bond acceptors (Lipinski definition) is 9. The molecule has 13 heteroatoms. The first-order chi connectivity index (χ1) is 13.4. The highest BCUT2D eigenvalue weighted by molar-refractivity contribution is 7.86. The van der Waals surface area contributed by atoms with Gasteiger partial charge in [0.1, 0.15) is 21.2 Å². The van der Waals surface area contributed by atoms with Crippen LogP contribution < -0.4 is 17.2 Å². The molecule has 0 saturated carbocycles. The lowest BCUT2D eigenvalue weighted by Crippen LogP contribution is -2.01. The van der Waals surface area contributed by atoms with Crippen LogP contribution in [0.25, 0.3) is 10.8 Å². The Balaban J connectivity index is 2.29. The fourth-order valence-corrected chi connectivity index (χ4v) is 4.05. The number of anilines is 3. The lowest BCUT2D eigenvalue weighted by Gasteiger charge is -2.11. The molecular weight excluding hydrogens is 422 g/mol. The minimum atomic E-state index is -4.65. The van der Waals surface area contributed by atoms with Crippen LogP contribution in [0.2, 0.25) is 0 Å². The molecular formula is C16H15N5O6S2. The largest absolute Gasteiger partial charge is 0.399 e. The lowest BCUT2D eigenvalue weighted by atomic mass is 10.1. The van der Waals surface area contributed by atoms with Crippen molar-refractivity contribution in [3.8, 4) is 0 Å². The molecule has 0 unspecified atom stereocenters. The molecule has 0 amide bonds. The van der Waals surface area contributed by atoms with Gasteiger partial charge in [-0.3, -0.25) is 9.11 Å². The van der Waals surface area contributed by atoms with Gasteiger partial charge >= 0.3 is 0 Å². The Morgan fingerprint density at radius 2 is 1.34 bits per heavy atom. The Morgan fingerprint density at radius 3 is 1.97 bits per heavy atom. The second-order valence-electron chi connectivity index (χ2n) is 5.96. The number of rotatable bonds is 4. The minimum absolute atomic E-state index is 0.0444. The first-order valence-electron chi connectivity index (χ1n) is 7.76. The molecule has 3 aromatic rings. The number of fused-ring (bicyclic) bond motifs is 1. The molecule has 0 saturated heterocycles. The van der Waals surface area contributed by atoms with Crippen molar-refractivity contribution in [1.29, 1.82) is 0 Å². The van der Waals surface area contributed by atoms with Crippen molar-refractivity contribution in [1.82, 2.24) is 0 Å². The fraction of sp³-hybridized carbons (Fsp3) is 0. The Labute approximate surface area is 165 Å². The molecule has 3 rings (SSSR count). The van der Waals surface area contributed by atoms with Gasteiger partial charge in [-0.2, -0.15) is 16.8 Å². The number of azo groups is 1. The molecule has 0 bridgehead atoms. The van der Waals surface area contributed by atoms with Crippen molar-refractivity contribution in [2.75, 3.05) is 17.2 Å². The molecule has 0 atom stereocenters. The van der Waals surface area contributed by atoms with E-state index in [1.165, 1.54) is 30.3 Å². The molecule has 29 heavy (non-hydrogen) atoms. The molecule has 0 aliphatic rings. The van der Waals surface area contributed by atoms with Crippen molar-refractivity contribution in [3.63, 3.8) is 0 Å². The molecule has 0 spiro atoms. The monoisotopic (exact) mass is 437 g/mol. The van der Waals surface area contributed by atoms with Crippen molar-refractivity contribution in [2.45, 2.75) is 9.79 Å². The number of hydrogen-bond donors (Lipinski definition) is 5. The van der Waals surface area contributed by atoms with Crippen molar-refractivity contribution in [2.24, 2.45) is 10.2 Å². The minimum Gasteiger partial charge on any atom is -0.399 e. The van der Waals surface area contributed by atoms with Crippen molar-refractivity contribution < 1.29 is 25.9 Å². The summed E-state index contributed by atoms with van der Waals surface area (Å²) < 4.78 is 65.2. The highest BCUT2D eigenvalue weighted by Crippen LogP contribution is 2.40. The summed E-state index contributed by atoms with van der Waals surface area (Å²) >= 11 is 0. The summed E-state index contributed by atoms with van der Waals surface area (Å²) in [6, 6.07) is 8.61. The molecule has 0 aliphatic heterocycles. The average molecular weight is 437 g/mol. The molecule has 0 radical (unpaired) electrons. The zero-order valence-electron chi connectivity index (χ0n) is 14.5. The normalized spacial score (nSPS) is 12.6. The van der Waals surface area contributed by atoms with E-state index >= 15 is 0 Å². The third-order valence-electron chi connectivity index (χ3n) is 3.97. The van der Waals surface area contributed by atoms with Gasteiger partial charge in [0.15, 0.2) is 0 Å². The van der Waals surface area contributed by atoms with Gasteiger partial charge < -0.3 is 17.2 Å². The van der Waals surface area contributed by atoms with Gasteiger partial charge in [-0.1, -0.05) is 6.07 Å². The van der Waals surface area contributed by atoms with Crippen LogP contribution >= 0.6 is 0 Å². The maximum atomic E-state index is 11.6. The van der Waals surface area contributed by atoms with Crippen LogP contribution in [0.15, 0.2) is 62.5 Å². The van der Waals surface area contributed by atoms with E-state index in [4.69, 9.17) is 17.2 Å². The van der Waals surface area contributed by atoms with Gasteiger partial charge in [0.2, 0.25) is 0 Å². The van der Waals surface area contributed by atoms with Gasteiger partial charge in [-0.25, -0.2) is 0 Å². The van der Waals surface area contributed by atoms with Crippen LogP contribution in [-0.4, -0.2) is 25.9 Å². The van der Waals surface area contributed by atoms with Gasteiger partial charge in [-0.05, 0) is 36.4 Å². The molecule has 0 aliphatic carbocycles. The highest BCUT2D eigenvalue weighted by Gasteiger charge is 2.19. The second-order valence-corrected chi connectivity index (χ2v) is 8.74. The summed E-state index contributed by atoms with van der Waals surface area (Å²) in [5, 5.41) is 7.86. The fourth-order valence-electron chi connectivity index (χ4n) is 2.70. The van der Waals surface area contributed by atoms with Crippen LogP contribution in [0.5, 0.6) is 0 Å². The Bertz CT molecular complexity index is 1380. The van der Waals surface area contributed by atoms with Crippen molar-refractivity contribution in [3.05, 3.63) is 42.5 Å². The zero-order valence-corrected chi connectivity index (χ0v) is 16.1. The smallest absolute Gasteiger partial charge is 0.296 e. The first-order valence-corrected chi connectivity index (χ1v) is 10.6. The van der Waals surface area contributed by atoms with Crippen LogP contribution in [-0.2, 0) is 20.2 Å². The summed E-state index contributed by atoms with van der Waals surface area (Å²) in [5.41, 5.74) is 17.3. The van der Waals surface area contributed by atoms with Crippen LogP contribution in [0, 0.1) is 0 Å². The van der Waals surface area contributed by atoms with Crippen LogP contribution in [0.1, 0.15) is 0 Å². The molecule has 0 heterocycles. The summed E-state index contributed by atoms with van der Waals surface area (Å²) in [4.78, 5) is -0.990. The summed E-state index contributed by atoms with van der Waals surface area (Å²) in [7, 11) is -9.22. The van der Waals surface area contributed by atoms with E-state index in [0.717, 1.165) is 12.1 Å². The maximum absolute atomic E-state index is 11.6. The van der Waals surface area contributed by atoms with Crippen molar-refractivity contribution >= 4 is 59.4 Å². The van der Waals surface area contributed by atoms with E-state index in [1.807, 2.05) is 0 Å². The molecule has 8 N–H and O–H groups in total. The van der Waals surface area contributed by atoms with E-state index in [0.29, 0.717) is 0 Å².